The van der Waals surface area contributed by atoms with Gasteiger partial charge in [-0.2, -0.15) is 0 Å². The van der Waals surface area contributed by atoms with Gasteiger partial charge in [0.15, 0.2) is 0 Å². The van der Waals surface area contributed by atoms with Crippen molar-refractivity contribution in [1.82, 2.24) is 0 Å². The lowest BCUT2D eigenvalue weighted by molar-refractivity contribution is 0.0686. The van der Waals surface area contributed by atoms with Gasteiger partial charge in [-0.3, -0.25) is 0 Å². The van der Waals surface area contributed by atoms with Gasteiger partial charge in [-0.15, -0.1) is 0 Å². The number of carbonyl (C=O) groups is 2. The van der Waals surface area contributed by atoms with Crippen LogP contribution in [0.25, 0.3) is 21.9 Å². The molecule has 3 aromatic rings. The normalized spacial score (nSPS) is 10.9. The number of furan rings is 1. The van der Waals surface area contributed by atoms with Gasteiger partial charge < -0.3 is 14.6 Å². The molecule has 0 saturated heterocycles. The van der Waals surface area contributed by atoms with Crippen molar-refractivity contribution >= 4 is 33.9 Å². The summed E-state index contributed by atoms with van der Waals surface area (Å²) in [6.45, 7) is 0. The molecule has 0 spiro atoms. The van der Waals surface area contributed by atoms with Crippen LogP contribution in [-0.2, 0) is 0 Å². The van der Waals surface area contributed by atoms with E-state index >= 15 is 0 Å². The first-order chi connectivity index (χ1) is 9.06. The van der Waals surface area contributed by atoms with Crippen LogP contribution in [0.2, 0.25) is 0 Å². The lowest BCUT2D eigenvalue weighted by atomic mass is 10.1. The van der Waals surface area contributed by atoms with Gasteiger partial charge in [0.2, 0.25) is 0 Å². The Bertz CT molecular complexity index is 760. The largest absolute Gasteiger partial charge is 0.478 e. The number of aromatic carboxylic acids is 2. The molecule has 1 heterocycles. The highest BCUT2D eigenvalue weighted by atomic mass is 16.4. The van der Waals surface area contributed by atoms with Crippen LogP contribution in [0.3, 0.4) is 0 Å². The molecule has 2 aromatic carbocycles. The van der Waals surface area contributed by atoms with Crippen molar-refractivity contribution in [3.63, 3.8) is 0 Å². The fourth-order valence-electron chi connectivity index (χ4n) is 2.04. The molecule has 0 aliphatic rings. The molecular weight excluding hydrogens is 248 g/mol. The summed E-state index contributed by atoms with van der Waals surface area (Å²) < 4.78 is 5.51. The standard InChI is InChI=1S/C14H8O5/c15-13(16)7-1-3-9-10-4-2-8(14(17)18)6-12(10)19-11(9)5-7/h1-6H,(H,15,16)(H,17,18). The lowest BCUT2D eigenvalue weighted by Gasteiger charge is -1.93. The maximum Gasteiger partial charge on any atom is 0.335 e. The van der Waals surface area contributed by atoms with Crippen molar-refractivity contribution in [2.24, 2.45) is 0 Å². The summed E-state index contributed by atoms with van der Waals surface area (Å²) in [5.41, 5.74) is 1.12. The van der Waals surface area contributed by atoms with Gasteiger partial charge in [-0.25, -0.2) is 9.59 Å². The highest BCUT2D eigenvalue weighted by Crippen LogP contribution is 2.30. The fourth-order valence-corrected chi connectivity index (χ4v) is 2.04. The summed E-state index contributed by atoms with van der Waals surface area (Å²) in [5, 5.41) is 19.4. The second-order valence-corrected chi connectivity index (χ2v) is 4.13. The first-order valence-corrected chi connectivity index (χ1v) is 5.49. The second kappa shape index (κ2) is 3.84. The van der Waals surface area contributed by atoms with E-state index in [-0.39, 0.29) is 11.1 Å². The molecule has 0 amide bonds. The van der Waals surface area contributed by atoms with Crippen molar-refractivity contribution in [2.75, 3.05) is 0 Å². The number of carboxylic acid groups (broad SMARTS) is 2. The molecule has 19 heavy (non-hydrogen) atoms. The quantitative estimate of drug-likeness (QED) is 0.735. The smallest absolute Gasteiger partial charge is 0.335 e. The van der Waals surface area contributed by atoms with Crippen molar-refractivity contribution in [3.8, 4) is 0 Å². The Hall–Kier alpha value is -2.82. The monoisotopic (exact) mass is 256 g/mol. The van der Waals surface area contributed by atoms with E-state index in [0.717, 1.165) is 10.8 Å². The third kappa shape index (κ3) is 1.72. The SMILES string of the molecule is O=C(O)c1ccc2c(c1)oc1cc(C(=O)O)ccc12. The van der Waals surface area contributed by atoms with E-state index in [4.69, 9.17) is 14.6 Å². The Morgan fingerprint density at radius 2 is 1.21 bits per heavy atom. The molecule has 0 aliphatic heterocycles. The van der Waals surface area contributed by atoms with Crippen molar-refractivity contribution in [3.05, 3.63) is 47.5 Å². The minimum Gasteiger partial charge on any atom is -0.478 e. The van der Waals surface area contributed by atoms with Crippen LogP contribution >= 0.6 is 0 Å². The van der Waals surface area contributed by atoms with E-state index < -0.39 is 11.9 Å². The van der Waals surface area contributed by atoms with Crippen molar-refractivity contribution in [2.45, 2.75) is 0 Å². The molecule has 0 aliphatic carbocycles. The highest BCUT2D eigenvalue weighted by Gasteiger charge is 2.12. The van der Waals surface area contributed by atoms with Crippen molar-refractivity contribution in [1.29, 1.82) is 0 Å². The number of carboxylic acids is 2. The summed E-state index contributed by atoms with van der Waals surface area (Å²) in [5.74, 6) is -2.07. The van der Waals surface area contributed by atoms with Crippen LogP contribution in [0.15, 0.2) is 40.8 Å². The number of rotatable bonds is 2. The Morgan fingerprint density at radius 1 is 0.789 bits per heavy atom. The van der Waals surface area contributed by atoms with E-state index in [9.17, 15) is 9.59 Å². The third-order valence-electron chi connectivity index (χ3n) is 2.97. The molecule has 0 atom stereocenters. The molecule has 0 unspecified atom stereocenters. The van der Waals surface area contributed by atoms with Gasteiger partial charge in [0, 0.05) is 10.8 Å². The van der Waals surface area contributed by atoms with Crippen LogP contribution in [-0.4, -0.2) is 22.2 Å². The van der Waals surface area contributed by atoms with Gasteiger partial charge in [-0.1, -0.05) is 0 Å². The molecule has 0 bridgehead atoms. The van der Waals surface area contributed by atoms with E-state index in [2.05, 4.69) is 0 Å². The summed E-state index contributed by atoms with van der Waals surface area (Å²) in [6.07, 6.45) is 0. The van der Waals surface area contributed by atoms with Gasteiger partial charge >= 0.3 is 11.9 Å². The topological polar surface area (TPSA) is 87.7 Å². The predicted molar refractivity (Wildman–Crippen MR) is 67.6 cm³/mol. The van der Waals surface area contributed by atoms with E-state index in [1.54, 1.807) is 12.1 Å². The minimum absolute atomic E-state index is 0.130. The highest BCUT2D eigenvalue weighted by molar-refractivity contribution is 6.08. The Labute approximate surface area is 106 Å². The van der Waals surface area contributed by atoms with Crippen LogP contribution in [0.5, 0.6) is 0 Å². The Balaban J connectivity index is 2.31. The van der Waals surface area contributed by atoms with Gasteiger partial charge in [0.1, 0.15) is 11.2 Å². The van der Waals surface area contributed by atoms with Gasteiger partial charge in [0.05, 0.1) is 11.1 Å². The molecule has 0 fully saturated rings. The van der Waals surface area contributed by atoms with Crippen LogP contribution in [0.1, 0.15) is 20.7 Å². The molecule has 94 valence electrons. The van der Waals surface area contributed by atoms with Crippen LogP contribution in [0.4, 0.5) is 0 Å². The number of fused-ring (bicyclic) bond motifs is 3. The van der Waals surface area contributed by atoms with Gasteiger partial charge in [-0.05, 0) is 36.4 Å². The maximum atomic E-state index is 10.9. The first-order valence-electron chi connectivity index (χ1n) is 5.49. The van der Waals surface area contributed by atoms with E-state index in [1.165, 1.54) is 24.3 Å². The zero-order valence-corrected chi connectivity index (χ0v) is 9.58. The number of benzene rings is 2. The van der Waals surface area contributed by atoms with Gasteiger partial charge in [0.25, 0.3) is 0 Å². The minimum atomic E-state index is -1.03. The lowest BCUT2D eigenvalue weighted by Crippen LogP contribution is -1.94. The first kappa shape index (κ1) is 11.3. The molecular formula is C14H8O5. The predicted octanol–water partition coefficient (Wildman–Crippen LogP) is 2.98. The molecule has 0 saturated carbocycles. The van der Waals surface area contributed by atoms with Crippen LogP contribution in [0, 0.1) is 0 Å². The maximum absolute atomic E-state index is 10.9. The molecule has 3 rings (SSSR count). The number of hydrogen-bond donors (Lipinski definition) is 2. The van der Waals surface area contributed by atoms with E-state index in [1.807, 2.05) is 0 Å². The fraction of sp³-hybridized carbons (Fsp3) is 0. The Kier molecular flexibility index (Phi) is 2.28. The average Bonchev–Trinajstić information content (AvgIpc) is 2.74. The number of hydrogen-bond acceptors (Lipinski definition) is 3. The molecule has 5 heteroatoms. The third-order valence-corrected chi connectivity index (χ3v) is 2.97. The zero-order valence-electron chi connectivity index (χ0n) is 9.58. The van der Waals surface area contributed by atoms with Crippen molar-refractivity contribution < 1.29 is 24.2 Å². The van der Waals surface area contributed by atoms with E-state index in [0.29, 0.717) is 11.2 Å². The molecule has 0 radical (unpaired) electrons. The summed E-state index contributed by atoms with van der Waals surface area (Å²) in [4.78, 5) is 21.8. The zero-order chi connectivity index (χ0) is 13.6. The average molecular weight is 256 g/mol. The molecule has 2 N–H and O–H groups in total. The summed E-state index contributed by atoms with van der Waals surface area (Å²) in [7, 11) is 0. The Morgan fingerprint density at radius 3 is 1.58 bits per heavy atom. The summed E-state index contributed by atoms with van der Waals surface area (Å²) >= 11 is 0. The molecule has 5 nitrogen and oxygen atoms in total. The summed E-state index contributed by atoms with van der Waals surface area (Å²) in [6, 6.07) is 9.15. The molecule has 1 aromatic heterocycles. The van der Waals surface area contributed by atoms with Crippen LogP contribution < -0.4 is 0 Å². The second-order valence-electron chi connectivity index (χ2n) is 4.13.